The lowest BCUT2D eigenvalue weighted by Crippen LogP contribution is -2.26. The van der Waals surface area contributed by atoms with E-state index >= 15 is 0 Å². The summed E-state index contributed by atoms with van der Waals surface area (Å²) in [6.45, 7) is 0.331. The molecule has 0 aliphatic heterocycles. The molecule has 0 aromatic heterocycles. The Balaban J connectivity index is 2.03. The molecular formula is C16H19NO6S3. The molecule has 0 heterocycles. The van der Waals surface area contributed by atoms with Crippen molar-refractivity contribution in [2.45, 2.75) is 17.7 Å². The molecule has 0 aliphatic carbocycles. The van der Waals surface area contributed by atoms with Crippen molar-refractivity contribution in [2.24, 2.45) is 0 Å². The Bertz CT molecular complexity index is 1020. The second-order valence-corrected chi connectivity index (χ2v) is 11.6. The van der Waals surface area contributed by atoms with Gasteiger partial charge in [-0.05, 0) is 34.2 Å². The van der Waals surface area contributed by atoms with Crippen LogP contribution in [0.2, 0.25) is 0 Å². The standard InChI is InChI=1S/C16H19NO6S3/c1-25(19,20)24-11-9-16(18)17-10-8-12-4-2-6-14-13(12)5-3-7-15(14)26(21,22)23/h2-7H,8-11H2,1H3,(H,17,18)(H,21,22,23). The van der Waals surface area contributed by atoms with Crippen LogP contribution in [0.5, 0.6) is 0 Å². The van der Waals surface area contributed by atoms with Crippen LogP contribution in [-0.4, -0.2) is 45.8 Å². The minimum atomic E-state index is -4.32. The van der Waals surface area contributed by atoms with Gasteiger partial charge in [0, 0.05) is 30.4 Å². The molecule has 0 saturated carbocycles. The Hall–Kier alpha value is -1.62. The predicted molar refractivity (Wildman–Crippen MR) is 102 cm³/mol. The van der Waals surface area contributed by atoms with Gasteiger partial charge >= 0.3 is 0 Å². The van der Waals surface area contributed by atoms with Crippen molar-refractivity contribution in [3.63, 3.8) is 0 Å². The summed E-state index contributed by atoms with van der Waals surface area (Å²) < 4.78 is 54.3. The van der Waals surface area contributed by atoms with Gasteiger partial charge < -0.3 is 5.32 Å². The molecule has 26 heavy (non-hydrogen) atoms. The number of carbonyl (C=O) groups excluding carboxylic acids is 1. The SMILES string of the molecule is CS(=O)(=O)SCCC(=O)NCCc1cccc2c(S(=O)(=O)O)cccc12. The van der Waals surface area contributed by atoms with E-state index in [2.05, 4.69) is 5.32 Å². The van der Waals surface area contributed by atoms with E-state index in [0.717, 1.165) is 22.6 Å². The molecule has 1 amide bonds. The van der Waals surface area contributed by atoms with Gasteiger partial charge in [-0.2, -0.15) is 8.42 Å². The second kappa shape index (κ2) is 8.38. The minimum absolute atomic E-state index is 0.0974. The van der Waals surface area contributed by atoms with Gasteiger partial charge in [0.05, 0.1) is 0 Å². The van der Waals surface area contributed by atoms with Crippen molar-refractivity contribution < 1.29 is 26.2 Å². The molecular weight excluding hydrogens is 398 g/mol. The highest BCUT2D eigenvalue weighted by atomic mass is 33.1. The van der Waals surface area contributed by atoms with Gasteiger partial charge in [-0.3, -0.25) is 9.35 Å². The summed E-state index contributed by atoms with van der Waals surface area (Å²) >= 11 is 0. The lowest BCUT2D eigenvalue weighted by atomic mass is 10.0. The van der Waals surface area contributed by atoms with E-state index in [1.165, 1.54) is 6.07 Å². The molecule has 0 bridgehead atoms. The van der Waals surface area contributed by atoms with Gasteiger partial charge in [0.2, 0.25) is 5.91 Å². The third-order valence-corrected chi connectivity index (χ3v) is 7.09. The first kappa shape index (κ1) is 20.7. The molecule has 10 heteroatoms. The van der Waals surface area contributed by atoms with Gasteiger partial charge in [-0.25, -0.2) is 8.42 Å². The molecule has 0 aliphatic rings. The van der Waals surface area contributed by atoms with E-state index in [4.69, 9.17) is 0 Å². The van der Waals surface area contributed by atoms with Crippen molar-refractivity contribution in [3.05, 3.63) is 42.0 Å². The summed E-state index contributed by atoms with van der Waals surface area (Å²) in [5.41, 5.74) is 0.832. The number of hydrogen-bond donors (Lipinski definition) is 2. The largest absolute Gasteiger partial charge is 0.356 e. The second-order valence-electron chi connectivity index (χ2n) is 5.62. The molecule has 0 fully saturated rings. The summed E-state index contributed by atoms with van der Waals surface area (Å²) in [5.74, 6) is -0.0589. The van der Waals surface area contributed by atoms with E-state index in [0.29, 0.717) is 23.7 Å². The van der Waals surface area contributed by atoms with Gasteiger partial charge in [-0.15, -0.1) is 0 Å². The molecule has 142 valence electrons. The summed E-state index contributed by atoms with van der Waals surface area (Å²) in [4.78, 5) is 11.6. The fraction of sp³-hybridized carbons (Fsp3) is 0.312. The Morgan fingerprint density at radius 1 is 1.08 bits per heavy atom. The number of hydrogen-bond acceptors (Lipinski definition) is 6. The van der Waals surface area contributed by atoms with Crippen molar-refractivity contribution >= 4 is 46.5 Å². The third kappa shape index (κ3) is 5.97. The average molecular weight is 418 g/mol. The number of benzene rings is 2. The zero-order valence-electron chi connectivity index (χ0n) is 14.0. The first-order chi connectivity index (χ1) is 12.1. The Kier molecular flexibility index (Phi) is 6.67. The van der Waals surface area contributed by atoms with E-state index < -0.39 is 19.0 Å². The third-order valence-electron chi connectivity index (χ3n) is 3.59. The lowest BCUT2D eigenvalue weighted by molar-refractivity contribution is -0.120. The fourth-order valence-electron chi connectivity index (χ4n) is 2.50. The van der Waals surface area contributed by atoms with Crippen molar-refractivity contribution in [2.75, 3.05) is 18.6 Å². The number of rotatable bonds is 8. The van der Waals surface area contributed by atoms with E-state index in [1.54, 1.807) is 24.3 Å². The van der Waals surface area contributed by atoms with E-state index in [-0.39, 0.29) is 23.0 Å². The van der Waals surface area contributed by atoms with Crippen LogP contribution >= 0.6 is 10.8 Å². The topological polar surface area (TPSA) is 118 Å². The lowest BCUT2D eigenvalue weighted by Gasteiger charge is -2.10. The fourth-order valence-corrected chi connectivity index (χ4v) is 4.94. The van der Waals surface area contributed by atoms with Crippen LogP contribution in [0.25, 0.3) is 10.8 Å². The molecule has 0 atom stereocenters. The normalized spacial score (nSPS) is 12.2. The smallest absolute Gasteiger partial charge is 0.295 e. The number of fused-ring (bicyclic) bond motifs is 1. The van der Waals surface area contributed by atoms with E-state index in [1.807, 2.05) is 6.07 Å². The Morgan fingerprint density at radius 3 is 2.38 bits per heavy atom. The molecule has 0 spiro atoms. The summed E-state index contributed by atoms with van der Waals surface area (Å²) in [5, 5.41) is 3.82. The predicted octanol–water partition coefficient (Wildman–Crippen LogP) is 1.83. The highest BCUT2D eigenvalue weighted by Crippen LogP contribution is 2.25. The van der Waals surface area contributed by atoms with Crippen LogP contribution in [0.15, 0.2) is 41.3 Å². The number of carbonyl (C=O) groups is 1. The summed E-state index contributed by atoms with van der Waals surface area (Å²) in [6.07, 6.45) is 1.66. The van der Waals surface area contributed by atoms with Crippen molar-refractivity contribution in [1.29, 1.82) is 0 Å². The minimum Gasteiger partial charge on any atom is -0.356 e. The maximum atomic E-state index is 11.7. The van der Waals surface area contributed by atoms with Crippen LogP contribution in [0.4, 0.5) is 0 Å². The van der Waals surface area contributed by atoms with E-state index in [9.17, 15) is 26.2 Å². The molecule has 2 aromatic rings. The van der Waals surface area contributed by atoms with Crippen LogP contribution in [-0.2, 0) is 30.2 Å². The maximum absolute atomic E-state index is 11.7. The zero-order valence-corrected chi connectivity index (χ0v) is 16.5. The zero-order chi connectivity index (χ0) is 19.4. The van der Waals surface area contributed by atoms with Gasteiger partial charge in [0.25, 0.3) is 10.1 Å². The Morgan fingerprint density at radius 2 is 1.73 bits per heavy atom. The number of amides is 1. The molecule has 0 unspecified atom stereocenters. The first-order valence-electron chi connectivity index (χ1n) is 7.67. The maximum Gasteiger partial charge on any atom is 0.295 e. The molecule has 2 rings (SSSR count). The molecule has 0 saturated heterocycles. The molecule has 0 radical (unpaired) electrons. The summed E-state index contributed by atoms with van der Waals surface area (Å²) in [7, 11) is -6.75. The monoisotopic (exact) mass is 417 g/mol. The van der Waals surface area contributed by atoms with Crippen LogP contribution < -0.4 is 5.32 Å². The molecule has 7 nitrogen and oxygen atoms in total. The quantitative estimate of drug-likeness (QED) is 0.497. The van der Waals surface area contributed by atoms with Crippen molar-refractivity contribution in [3.8, 4) is 0 Å². The first-order valence-corrected chi connectivity index (χ1v) is 12.5. The average Bonchev–Trinajstić information content (AvgIpc) is 2.52. The van der Waals surface area contributed by atoms with Crippen LogP contribution in [0.3, 0.4) is 0 Å². The highest BCUT2D eigenvalue weighted by Gasteiger charge is 2.14. The molecule has 2 aromatic carbocycles. The Labute approximate surface area is 156 Å². The molecule has 2 N–H and O–H groups in total. The van der Waals surface area contributed by atoms with Crippen molar-refractivity contribution in [1.82, 2.24) is 5.32 Å². The van der Waals surface area contributed by atoms with Crippen LogP contribution in [0, 0.1) is 0 Å². The number of nitrogens with one attached hydrogen (secondary N) is 1. The van der Waals surface area contributed by atoms with Gasteiger partial charge in [0.1, 0.15) is 4.90 Å². The van der Waals surface area contributed by atoms with Crippen LogP contribution in [0.1, 0.15) is 12.0 Å². The highest BCUT2D eigenvalue weighted by molar-refractivity contribution is 8.71. The van der Waals surface area contributed by atoms with Gasteiger partial charge in [-0.1, -0.05) is 30.3 Å². The summed E-state index contributed by atoms with van der Waals surface area (Å²) in [6, 6.07) is 9.77. The van der Waals surface area contributed by atoms with Gasteiger partial charge in [0.15, 0.2) is 8.87 Å².